The molecule has 16 nitrogen and oxygen atoms in total. The maximum atomic E-state index is 10.7. The van der Waals surface area contributed by atoms with Crippen molar-refractivity contribution in [2.75, 3.05) is 0 Å². The molecule has 0 N–H and O–H groups in total. The minimum atomic E-state index is -0.747. The lowest BCUT2D eigenvalue weighted by molar-refractivity contribution is -0.191. The summed E-state index contributed by atoms with van der Waals surface area (Å²) in [6, 6.07) is 0. The largest absolute Gasteiger partial charge is 0.448 e. The van der Waals surface area contributed by atoms with Gasteiger partial charge in [-0.2, -0.15) is 0 Å². The molecule has 0 bridgehead atoms. The van der Waals surface area contributed by atoms with E-state index in [2.05, 4.69) is 37.9 Å². The van der Waals surface area contributed by atoms with Gasteiger partial charge in [-0.05, 0) is 55.4 Å². The molecule has 4 aliphatic rings. The second-order valence-corrected chi connectivity index (χ2v) is 8.63. The van der Waals surface area contributed by atoms with Crippen LogP contribution in [0.5, 0.6) is 0 Å². The minimum Gasteiger partial charge on any atom is -0.448 e. The summed E-state index contributed by atoms with van der Waals surface area (Å²) < 4.78 is 36.8. The molecule has 40 heavy (non-hydrogen) atoms. The molecule has 4 aliphatic heterocycles. The fraction of sp³-hybridized carbons (Fsp3) is 0.667. The number of hydrogen-bond donors (Lipinski definition) is 0. The summed E-state index contributed by atoms with van der Waals surface area (Å²) in [5.74, 6) is -3.84. The smallest absolute Gasteiger partial charge is 0.347 e. The van der Waals surface area contributed by atoms with Crippen LogP contribution in [0.4, 0.5) is 0 Å². The number of rotatable bonds is 0. The van der Waals surface area contributed by atoms with Crippen LogP contribution in [0.2, 0.25) is 0 Å². The Morgan fingerprint density at radius 1 is 0.250 bits per heavy atom. The molecule has 4 fully saturated rings. The maximum absolute atomic E-state index is 10.7. The van der Waals surface area contributed by atoms with Gasteiger partial charge in [-0.3, -0.25) is 0 Å². The molecule has 0 spiro atoms. The Morgan fingerprint density at radius 3 is 0.400 bits per heavy atom. The first-order chi connectivity index (χ1) is 18.4. The van der Waals surface area contributed by atoms with E-state index in [4.69, 9.17) is 0 Å². The van der Waals surface area contributed by atoms with Gasteiger partial charge in [0.1, 0.15) is 0 Å². The van der Waals surface area contributed by atoms with Gasteiger partial charge in [-0.15, -0.1) is 0 Å². The Kier molecular flexibility index (Phi) is 12.5. The molecule has 16 heteroatoms. The molecule has 224 valence electrons. The normalized spacial score (nSPS) is 33.0. The third kappa shape index (κ3) is 10.1. The van der Waals surface area contributed by atoms with E-state index in [1.807, 2.05) is 0 Å². The summed E-state index contributed by atoms with van der Waals surface area (Å²) in [6.45, 7) is 11.8. The van der Waals surface area contributed by atoms with Crippen LogP contribution in [-0.4, -0.2) is 96.6 Å². The third-order valence-corrected chi connectivity index (χ3v) is 5.00. The van der Waals surface area contributed by atoms with Crippen LogP contribution >= 0.6 is 0 Å². The fourth-order valence-corrected chi connectivity index (χ4v) is 2.55. The number of carbonyl (C=O) groups excluding carboxylic acids is 8. The molecular weight excluding hydrogens is 544 g/mol. The Hall–Kier alpha value is -4.24. The van der Waals surface area contributed by atoms with Gasteiger partial charge in [0.15, 0.2) is 48.8 Å². The lowest BCUT2D eigenvalue weighted by Crippen LogP contribution is -2.40. The molecule has 0 aromatic rings. The third-order valence-electron chi connectivity index (χ3n) is 5.00. The predicted molar refractivity (Wildman–Crippen MR) is 124 cm³/mol. The van der Waals surface area contributed by atoms with E-state index in [0.717, 1.165) is 0 Å². The molecular formula is C24H32O16. The van der Waals surface area contributed by atoms with Crippen molar-refractivity contribution in [1.82, 2.24) is 0 Å². The van der Waals surface area contributed by atoms with Crippen LogP contribution in [-0.2, 0) is 76.3 Å². The first kappa shape index (κ1) is 33.8. The second-order valence-electron chi connectivity index (χ2n) is 8.63. The molecule has 0 amide bonds. The lowest BCUT2D eigenvalue weighted by Gasteiger charge is -2.22. The molecule has 4 saturated heterocycles. The summed E-state index contributed by atoms with van der Waals surface area (Å²) in [4.78, 5) is 85.2. The van der Waals surface area contributed by atoms with E-state index in [1.54, 1.807) is 0 Å². The SMILES string of the molecule is CC1OC(=O)C(C)OC1=O.C[C@@H]1OC(=O)[C@@H](C)OC1=O.C[C@@H]1OC(=O)[C@H](C)OC1=O.C[C@H]1OC(=O)[C@@H](C)OC1=O. The summed E-state index contributed by atoms with van der Waals surface area (Å²) in [5, 5.41) is 0. The van der Waals surface area contributed by atoms with E-state index >= 15 is 0 Å². The zero-order valence-electron chi connectivity index (χ0n) is 23.2. The second kappa shape index (κ2) is 14.8. The van der Waals surface area contributed by atoms with Crippen molar-refractivity contribution in [3.63, 3.8) is 0 Å². The van der Waals surface area contributed by atoms with E-state index in [1.165, 1.54) is 55.4 Å². The van der Waals surface area contributed by atoms with Gasteiger partial charge < -0.3 is 37.9 Å². The highest BCUT2D eigenvalue weighted by atomic mass is 16.7. The Balaban J connectivity index is 0.000000267. The van der Waals surface area contributed by atoms with Crippen molar-refractivity contribution < 1.29 is 76.3 Å². The molecule has 2 unspecified atom stereocenters. The van der Waals surface area contributed by atoms with Crippen LogP contribution in [0.15, 0.2) is 0 Å². The van der Waals surface area contributed by atoms with Gasteiger partial charge in [0.25, 0.3) is 0 Å². The number of carbonyl (C=O) groups is 8. The van der Waals surface area contributed by atoms with Crippen molar-refractivity contribution in [3.8, 4) is 0 Å². The average molecular weight is 577 g/mol. The van der Waals surface area contributed by atoms with E-state index in [0.29, 0.717) is 0 Å². The average Bonchev–Trinajstić information content (AvgIpc) is 2.85. The maximum Gasteiger partial charge on any atom is 0.347 e. The van der Waals surface area contributed by atoms with Crippen LogP contribution in [0.3, 0.4) is 0 Å². The Labute approximate surface area is 228 Å². The molecule has 0 aromatic heterocycles. The minimum absolute atomic E-state index is 0.480. The van der Waals surface area contributed by atoms with Crippen LogP contribution < -0.4 is 0 Å². The molecule has 4 heterocycles. The summed E-state index contributed by atoms with van der Waals surface area (Å²) in [5.41, 5.74) is 0. The van der Waals surface area contributed by atoms with E-state index in [9.17, 15) is 38.4 Å². The number of esters is 8. The molecule has 0 aromatic carbocycles. The summed E-state index contributed by atoms with van der Waals surface area (Å²) >= 11 is 0. The first-order valence-corrected chi connectivity index (χ1v) is 12.1. The highest BCUT2D eigenvalue weighted by Gasteiger charge is 2.34. The molecule has 0 aliphatic carbocycles. The number of hydrogen-bond acceptors (Lipinski definition) is 16. The molecule has 4 rings (SSSR count). The fourth-order valence-electron chi connectivity index (χ4n) is 2.55. The summed E-state index contributed by atoms with van der Waals surface area (Å²) in [7, 11) is 0. The lowest BCUT2D eigenvalue weighted by atomic mass is 10.3. The van der Waals surface area contributed by atoms with Crippen LogP contribution in [0.25, 0.3) is 0 Å². The van der Waals surface area contributed by atoms with Gasteiger partial charge in [-0.25, -0.2) is 38.4 Å². The highest BCUT2D eigenvalue weighted by Crippen LogP contribution is 2.11. The molecule has 8 atom stereocenters. The number of cyclic esters (lactones) is 8. The monoisotopic (exact) mass is 576 g/mol. The van der Waals surface area contributed by atoms with Crippen molar-refractivity contribution in [2.45, 2.75) is 104 Å². The van der Waals surface area contributed by atoms with Crippen molar-refractivity contribution in [3.05, 3.63) is 0 Å². The zero-order chi connectivity index (χ0) is 30.9. The number of ether oxygens (including phenoxy) is 8. The van der Waals surface area contributed by atoms with Gasteiger partial charge in [-0.1, -0.05) is 0 Å². The zero-order valence-corrected chi connectivity index (χ0v) is 23.2. The Bertz CT molecular complexity index is 778. The quantitative estimate of drug-likeness (QED) is 0.261. The predicted octanol–water partition coefficient (Wildman–Crippen LogP) is -0.546. The van der Waals surface area contributed by atoms with Crippen LogP contribution in [0.1, 0.15) is 55.4 Å². The van der Waals surface area contributed by atoms with Crippen molar-refractivity contribution in [2.24, 2.45) is 0 Å². The van der Waals surface area contributed by atoms with Crippen molar-refractivity contribution >= 4 is 47.8 Å². The standard InChI is InChI=1S/4C6H8O4/c4*1-3-5(7)10-4(2)6(8)9-3/h4*3-4H,1-2H3/t3-,4+;2*3-,4-;/m.10./s1. The van der Waals surface area contributed by atoms with Crippen LogP contribution in [0, 0.1) is 0 Å². The molecule has 0 saturated carbocycles. The van der Waals surface area contributed by atoms with Gasteiger partial charge in [0.05, 0.1) is 0 Å². The van der Waals surface area contributed by atoms with Gasteiger partial charge in [0.2, 0.25) is 0 Å². The first-order valence-electron chi connectivity index (χ1n) is 12.1. The topological polar surface area (TPSA) is 210 Å². The van der Waals surface area contributed by atoms with Gasteiger partial charge >= 0.3 is 47.8 Å². The van der Waals surface area contributed by atoms with E-state index < -0.39 is 96.6 Å². The van der Waals surface area contributed by atoms with Gasteiger partial charge in [0, 0.05) is 0 Å². The Morgan fingerprint density at radius 2 is 0.325 bits per heavy atom. The summed E-state index contributed by atoms with van der Waals surface area (Å²) in [6.07, 6.45) is -5.97. The van der Waals surface area contributed by atoms with Crippen molar-refractivity contribution in [1.29, 1.82) is 0 Å². The van der Waals surface area contributed by atoms with E-state index in [-0.39, 0.29) is 0 Å². The molecule has 0 radical (unpaired) electrons. The highest BCUT2D eigenvalue weighted by molar-refractivity contribution is 5.88.